The summed E-state index contributed by atoms with van der Waals surface area (Å²) in [6, 6.07) is 20.9. The summed E-state index contributed by atoms with van der Waals surface area (Å²) >= 11 is 1.46. The number of anilines is 1. The lowest BCUT2D eigenvalue weighted by molar-refractivity contribution is 0.0252. The van der Waals surface area contributed by atoms with Gasteiger partial charge in [0.25, 0.3) is 5.91 Å². The Morgan fingerprint density at radius 1 is 1.11 bits per heavy atom. The maximum atomic E-state index is 12.9. The molecule has 1 N–H and O–H groups in total. The molecule has 1 aromatic heterocycles. The van der Waals surface area contributed by atoms with E-state index in [0.717, 1.165) is 28.2 Å². The van der Waals surface area contributed by atoms with Gasteiger partial charge in [-0.05, 0) is 53.9 Å². The first-order valence-corrected chi connectivity index (χ1v) is 12.1. The molecule has 1 atom stereocenters. The van der Waals surface area contributed by atoms with Gasteiger partial charge < -0.3 is 9.47 Å². The van der Waals surface area contributed by atoms with E-state index in [1.807, 2.05) is 24.3 Å². The minimum Gasteiger partial charge on any atom is -0.497 e. The highest BCUT2D eigenvalue weighted by molar-refractivity contribution is 7.15. The van der Waals surface area contributed by atoms with Gasteiger partial charge in [-0.1, -0.05) is 42.0 Å². The number of methoxy groups -OCH3 is 1. The van der Waals surface area contributed by atoms with Gasteiger partial charge in [0.05, 0.1) is 12.7 Å². The number of thiazole rings is 1. The fourth-order valence-electron chi connectivity index (χ4n) is 4.06. The summed E-state index contributed by atoms with van der Waals surface area (Å²) < 4.78 is 10.8. The Hall–Kier alpha value is -3.97. The standard InChI is InChI=1S/C28H24N2O4S/c1-17-3-5-18(6-4-17)13-23-16-29-28(35-23)30-26(31)20-9-12-24-21(14-20)15-25(34-27(24)32)19-7-10-22(33-2)11-8-19/h3-12,14,16,25H,13,15H2,1-2H3,(H,29,30,31). The fraction of sp³-hybridized carbons (Fsp3) is 0.179. The zero-order valence-electron chi connectivity index (χ0n) is 19.4. The second-order valence-corrected chi connectivity index (χ2v) is 9.61. The largest absolute Gasteiger partial charge is 0.497 e. The van der Waals surface area contributed by atoms with Crippen molar-refractivity contribution in [2.45, 2.75) is 25.9 Å². The topological polar surface area (TPSA) is 77.5 Å². The van der Waals surface area contributed by atoms with Crippen molar-refractivity contribution in [2.75, 3.05) is 12.4 Å². The van der Waals surface area contributed by atoms with E-state index >= 15 is 0 Å². The number of carbonyl (C=O) groups excluding carboxylic acids is 2. The average molecular weight is 485 g/mol. The number of carbonyl (C=O) groups is 2. The molecule has 176 valence electrons. The zero-order chi connectivity index (χ0) is 24.4. The molecule has 0 radical (unpaired) electrons. The SMILES string of the molecule is COc1ccc(C2Cc3cc(C(=O)Nc4ncc(Cc5ccc(C)cc5)s4)ccc3C(=O)O2)cc1. The van der Waals surface area contributed by atoms with E-state index in [1.54, 1.807) is 31.5 Å². The number of fused-ring (bicyclic) bond motifs is 1. The van der Waals surface area contributed by atoms with E-state index in [4.69, 9.17) is 9.47 Å². The number of rotatable bonds is 6. The first-order valence-electron chi connectivity index (χ1n) is 11.3. The molecule has 0 spiro atoms. The predicted octanol–water partition coefficient (Wildman–Crippen LogP) is 5.76. The summed E-state index contributed by atoms with van der Waals surface area (Å²) in [4.78, 5) is 30.9. The average Bonchev–Trinajstić information content (AvgIpc) is 3.31. The Kier molecular flexibility index (Phi) is 6.33. The molecule has 35 heavy (non-hydrogen) atoms. The Labute approximate surface area is 207 Å². The van der Waals surface area contributed by atoms with Crippen LogP contribution in [0.4, 0.5) is 5.13 Å². The van der Waals surface area contributed by atoms with E-state index in [9.17, 15) is 9.59 Å². The molecule has 0 saturated heterocycles. The summed E-state index contributed by atoms with van der Waals surface area (Å²) in [6.07, 6.45) is 2.64. The molecule has 6 nitrogen and oxygen atoms in total. The van der Waals surface area contributed by atoms with Gasteiger partial charge in [-0.25, -0.2) is 9.78 Å². The Bertz CT molecular complexity index is 1380. The number of amides is 1. The molecule has 1 amide bonds. The fourth-order valence-corrected chi connectivity index (χ4v) is 4.91. The minimum absolute atomic E-state index is 0.260. The smallest absolute Gasteiger partial charge is 0.339 e. The van der Waals surface area contributed by atoms with Crippen LogP contribution in [-0.4, -0.2) is 24.0 Å². The van der Waals surface area contributed by atoms with Crippen LogP contribution in [0.5, 0.6) is 5.75 Å². The lowest BCUT2D eigenvalue weighted by Gasteiger charge is -2.25. The van der Waals surface area contributed by atoms with Crippen molar-refractivity contribution < 1.29 is 19.1 Å². The third kappa shape index (κ3) is 5.10. The number of nitrogens with one attached hydrogen (secondary N) is 1. The molecule has 7 heteroatoms. The number of cyclic esters (lactones) is 1. The van der Waals surface area contributed by atoms with Crippen molar-refractivity contribution in [1.29, 1.82) is 0 Å². The van der Waals surface area contributed by atoms with Gasteiger partial charge >= 0.3 is 5.97 Å². The molecular formula is C28H24N2O4S. The molecule has 2 heterocycles. The Morgan fingerprint density at radius 3 is 2.63 bits per heavy atom. The van der Waals surface area contributed by atoms with Gasteiger partial charge in [0.1, 0.15) is 11.9 Å². The van der Waals surface area contributed by atoms with E-state index in [0.29, 0.717) is 22.7 Å². The van der Waals surface area contributed by atoms with Gasteiger partial charge in [-0.3, -0.25) is 10.1 Å². The van der Waals surface area contributed by atoms with Gasteiger partial charge in [0.15, 0.2) is 5.13 Å². The monoisotopic (exact) mass is 484 g/mol. The van der Waals surface area contributed by atoms with Gasteiger partial charge in [-0.2, -0.15) is 0 Å². The highest BCUT2D eigenvalue weighted by Gasteiger charge is 2.28. The molecule has 4 aromatic rings. The zero-order valence-corrected chi connectivity index (χ0v) is 20.2. The second-order valence-electron chi connectivity index (χ2n) is 8.49. The van der Waals surface area contributed by atoms with Crippen molar-refractivity contribution in [2.24, 2.45) is 0 Å². The van der Waals surface area contributed by atoms with Crippen molar-refractivity contribution in [1.82, 2.24) is 4.98 Å². The Morgan fingerprint density at radius 2 is 1.89 bits per heavy atom. The quantitative estimate of drug-likeness (QED) is 0.352. The highest BCUT2D eigenvalue weighted by atomic mass is 32.1. The first kappa shape index (κ1) is 22.8. The van der Waals surface area contributed by atoms with Crippen molar-refractivity contribution >= 4 is 28.3 Å². The summed E-state index contributed by atoms with van der Waals surface area (Å²) in [6.45, 7) is 2.06. The van der Waals surface area contributed by atoms with Crippen LogP contribution in [-0.2, 0) is 17.6 Å². The molecule has 0 saturated carbocycles. The molecule has 0 aliphatic carbocycles. The van der Waals surface area contributed by atoms with Crippen LogP contribution in [0.2, 0.25) is 0 Å². The summed E-state index contributed by atoms with van der Waals surface area (Å²) in [5, 5.41) is 3.43. The van der Waals surface area contributed by atoms with Crippen LogP contribution in [0.1, 0.15) is 54.0 Å². The molecule has 5 rings (SSSR count). The third-order valence-electron chi connectivity index (χ3n) is 6.00. The normalized spacial score (nSPS) is 14.7. The first-order chi connectivity index (χ1) is 17.0. The molecule has 1 aliphatic heterocycles. The molecule has 0 bridgehead atoms. The number of hydrogen-bond donors (Lipinski definition) is 1. The number of ether oxygens (including phenoxy) is 2. The minimum atomic E-state index is -0.414. The molecule has 3 aromatic carbocycles. The molecule has 0 fully saturated rings. The predicted molar refractivity (Wildman–Crippen MR) is 135 cm³/mol. The second kappa shape index (κ2) is 9.72. The van der Waals surface area contributed by atoms with E-state index < -0.39 is 6.10 Å². The van der Waals surface area contributed by atoms with Crippen molar-refractivity contribution in [3.05, 3.63) is 111 Å². The van der Waals surface area contributed by atoms with Crippen molar-refractivity contribution in [3.8, 4) is 5.75 Å². The van der Waals surface area contributed by atoms with Crippen LogP contribution in [0, 0.1) is 6.92 Å². The Balaban J connectivity index is 1.29. The molecule has 1 aliphatic rings. The van der Waals surface area contributed by atoms with E-state index in [1.165, 1.54) is 22.5 Å². The van der Waals surface area contributed by atoms with Crippen LogP contribution in [0.25, 0.3) is 0 Å². The summed E-state index contributed by atoms with van der Waals surface area (Å²) in [5.41, 5.74) is 5.05. The number of aromatic nitrogens is 1. The molecular weight excluding hydrogens is 460 g/mol. The van der Waals surface area contributed by atoms with E-state index in [2.05, 4.69) is 41.5 Å². The van der Waals surface area contributed by atoms with Gasteiger partial charge in [0.2, 0.25) is 0 Å². The summed E-state index contributed by atoms with van der Waals surface area (Å²) in [7, 11) is 1.61. The number of esters is 1. The van der Waals surface area contributed by atoms with Crippen LogP contribution >= 0.6 is 11.3 Å². The highest BCUT2D eigenvalue weighted by Crippen LogP contribution is 2.32. The van der Waals surface area contributed by atoms with E-state index in [-0.39, 0.29) is 11.9 Å². The number of nitrogens with zero attached hydrogens (tertiary/aromatic N) is 1. The third-order valence-corrected chi connectivity index (χ3v) is 6.92. The molecule has 1 unspecified atom stereocenters. The number of benzene rings is 3. The maximum absolute atomic E-state index is 12.9. The summed E-state index contributed by atoms with van der Waals surface area (Å²) in [5.74, 6) is 0.0862. The maximum Gasteiger partial charge on any atom is 0.339 e. The van der Waals surface area contributed by atoms with Crippen LogP contribution in [0.3, 0.4) is 0 Å². The van der Waals surface area contributed by atoms with Crippen LogP contribution in [0.15, 0.2) is 72.9 Å². The lowest BCUT2D eigenvalue weighted by atomic mass is 9.93. The van der Waals surface area contributed by atoms with Crippen LogP contribution < -0.4 is 10.1 Å². The van der Waals surface area contributed by atoms with Gasteiger partial charge in [0, 0.05) is 29.5 Å². The van der Waals surface area contributed by atoms with Gasteiger partial charge in [-0.15, -0.1) is 11.3 Å². The lowest BCUT2D eigenvalue weighted by Crippen LogP contribution is -2.23. The number of aryl methyl sites for hydroxylation is 1. The number of hydrogen-bond acceptors (Lipinski definition) is 6. The van der Waals surface area contributed by atoms with Crippen molar-refractivity contribution in [3.63, 3.8) is 0 Å².